The van der Waals surface area contributed by atoms with Gasteiger partial charge < -0.3 is 19.6 Å². The van der Waals surface area contributed by atoms with Gasteiger partial charge in [-0.2, -0.15) is 0 Å². The van der Waals surface area contributed by atoms with E-state index in [0.29, 0.717) is 22.0 Å². The summed E-state index contributed by atoms with van der Waals surface area (Å²) < 4.78 is 10.3. The molecule has 0 aliphatic heterocycles. The van der Waals surface area contributed by atoms with Crippen LogP contribution < -0.4 is 10.1 Å². The molecule has 0 aliphatic rings. The highest BCUT2D eigenvalue weighted by Gasteiger charge is 2.20. The first kappa shape index (κ1) is 14.5. The van der Waals surface area contributed by atoms with E-state index < -0.39 is 5.91 Å². The molecule has 3 heterocycles. The summed E-state index contributed by atoms with van der Waals surface area (Å²) in [5, 5.41) is 8.49. The molecule has 0 bridgehead atoms. The van der Waals surface area contributed by atoms with Crippen LogP contribution in [0.5, 0.6) is 5.75 Å². The second-order valence-corrected chi connectivity index (χ2v) is 5.47. The van der Waals surface area contributed by atoms with Crippen LogP contribution in [0.25, 0.3) is 21.8 Å². The number of anilines is 1. The number of hydrogen-bond acceptors (Lipinski definition) is 5. The van der Waals surface area contributed by atoms with Gasteiger partial charge in [0.05, 0.1) is 35.6 Å². The highest BCUT2D eigenvalue weighted by molar-refractivity contribution is 6.35. The average Bonchev–Trinajstić information content (AvgIpc) is 3.23. The van der Waals surface area contributed by atoms with Crippen LogP contribution in [0, 0.1) is 0 Å². The predicted octanol–water partition coefficient (Wildman–Crippen LogP) is 3.62. The molecule has 8 heteroatoms. The molecule has 0 aliphatic carbocycles. The van der Waals surface area contributed by atoms with Crippen molar-refractivity contribution in [3.05, 3.63) is 47.6 Å². The van der Waals surface area contributed by atoms with Crippen LogP contribution in [-0.4, -0.2) is 28.1 Å². The monoisotopic (exact) mass is 342 g/mol. The summed E-state index contributed by atoms with van der Waals surface area (Å²) >= 11 is 6.33. The molecule has 1 amide bonds. The van der Waals surface area contributed by atoms with E-state index in [2.05, 4.69) is 20.4 Å². The van der Waals surface area contributed by atoms with E-state index in [-0.39, 0.29) is 5.76 Å². The summed E-state index contributed by atoms with van der Waals surface area (Å²) in [6, 6.07) is 5.14. The highest BCUT2D eigenvalue weighted by Crippen LogP contribution is 2.42. The number of carbonyl (C=O) groups is 1. The molecule has 2 N–H and O–H groups in total. The van der Waals surface area contributed by atoms with Crippen molar-refractivity contribution in [2.75, 3.05) is 12.4 Å². The number of halogens is 1. The Balaban J connectivity index is 1.95. The van der Waals surface area contributed by atoms with Crippen LogP contribution in [0.15, 0.2) is 41.3 Å². The van der Waals surface area contributed by atoms with Crippen molar-refractivity contribution in [2.45, 2.75) is 0 Å². The topological polar surface area (TPSA) is 93.0 Å². The van der Waals surface area contributed by atoms with Gasteiger partial charge in [-0.1, -0.05) is 16.8 Å². The number of benzene rings is 1. The summed E-state index contributed by atoms with van der Waals surface area (Å²) in [6.07, 6.45) is 4.80. The number of pyridine rings is 1. The van der Waals surface area contributed by atoms with Gasteiger partial charge in [0.25, 0.3) is 5.91 Å². The summed E-state index contributed by atoms with van der Waals surface area (Å²) in [6.45, 7) is 0. The Hall–Kier alpha value is -3.06. The summed E-state index contributed by atoms with van der Waals surface area (Å²) in [5.74, 6) is -0.00866. The normalized spacial score (nSPS) is 11.1. The minimum absolute atomic E-state index is 0.0861. The van der Waals surface area contributed by atoms with Crippen LogP contribution in [-0.2, 0) is 0 Å². The molecule has 3 aromatic heterocycles. The molecular weight excluding hydrogens is 332 g/mol. The molecular formula is C16H11ClN4O3. The van der Waals surface area contributed by atoms with Gasteiger partial charge >= 0.3 is 0 Å². The standard InChI is InChI=1S/C16H11ClN4O3/c1-23-15-10(17)6-9-8-2-4-18-7-11(8)20-13(9)14(15)21-16(22)12-3-5-19-24-12/h2-7,20H,1H3,(H,21,22). The number of hydrogen-bond donors (Lipinski definition) is 2. The third kappa shape index (κ3) is 2.17. The Bertz CT molecular complexity index is 1060. The van der Waals surface area contributed by atoms with Crippen LogP contribution in [0.1, 0.15) is 10.6 Å². The van der Waals surface area contributed by atoms with Crippen LogP contribution >= 0.6 is 11.6 Å². The van der Waals surface area contributed by atoms with E-state index in [0.717, 1.165) is 16.3 Å². The van der Waals surface area contributed by atoms with Gasteiger partial charge in [-0.25, -0.2) is 0 Å². The van der Waals surface area contributed by atoms with Crippen LogP contribution in [0.3, 0.4) is 0 Å². The molecule has 120 valence electrons. The Labute approximate surface area is 140 Å². The molecule has 7 nitrogen and oxygen atoms in total. The number of fused-ring (bicyclic) bond motifs is 3. The number of methoxy groups -OCH3 is 1. The number of aromatic amines is 1. The lowest BCUT2D eigenvalue weighted by atomic mass is 10.1. The van der Waals surface area contributed by atoms with Crippen molar-refractivity contribution in [2.24, 2.45) is 0 Å². The van der Waals surface area contributed by atoms with Gasteiger partial charge in [0.15, 0.2) is 5.75 Å². The summed E-state index contributed by atoms with van der Waals surface area (Å²) in [5.41, 5.74) is 1.94. The number of amides is 1. The number of rotatable bonds is 3. The first-order chi connectivity index (χ1) is 11.7. The molecule has 0 radical (unpaired) electrons. The molecule has 0 fully saturated rings. The Morgan fingerprint density at radius 1 is 1.33 bits per heavy atom. The zero-order valence-corrected chi connectivity index (χ0v) is 13.2. The lowest BCUT2D eigenvalue weighted by Crippen LogP contribution is -2.12. The van der Waals surface area contributed by atoms with Crippen molar-refractivity contribution < 1.29 is 14.1 Å². The van der Waals surface area contributed by atoms with E-state index in [1.807, 2.05) is 6.07 Å². The maximum absolute atomic E-state index is 12.3. The van der Waals surface area contributed by atoms with Gasteiger partial charge in [-0.3, -0.25) is 9.78 Å². The van der Waals surface area contributed by atoms with E-state index in [4.69, 9.17) is 20.9 Å². The van der Waals surface area contributed by atoms with E-state index >= 15 is 0 Å². The first-order valence-corrected chi connectivity index (χ1v) is 7.40. The van der Waals surface area contributed by atoms with Gasteiger partial charge in [-0.15, -0.1) is 0 Å². The average molecular weight is 343 g/mol. The molecule has 0 atom stereocenters. The van der Waals surface area contributed by atoms with E-state index in [1.165, 1.54) is 19.4 Å². The maximum atomic E-state index is 12.3. The van der Waals surface area contributed by atoms with Gasteiger partial charge in [0.2, 0.25) is 5.76 Å². The molecule has 0 saturated carbocycles. The zero-order chi connectivity index (χ0) is 16.7. The number of H-pyrrole nitrogens is 1. The quantitative estimate of drug-likeness (QED) is 0.593. The minimum atomic E-state index is -0.453. The Morgan fingerprint density at radius 2 is 2.21 bits per heavy atom. The smallest absolute Gasteiger partial charge is 0.294 e. The number of nitrogens with zero attached hydrogens (tertiary/aromatic N) is 2. The molecule has 1 aromatic carbocycles. The van der Waals surface area contributed by atoms with Crippen LogP contribution in [0.4, 0.5) is 5.69 Å². The molecule has 4 aromatic rings. The lowest BCUT2D eigenvalue weighted by Gasteiger charge is -2.12. The first-order valence-electron chi connectivity index (χ1n) is 7.03. The van der Waals surface area contributed by atoms with Crippen molar-refractivity contribution >= 4 is 45.0 Å². The fourth-order valence-corrected chi connectivity index (χ4v) is 2.95. The van der Waals surface area contributed by atoms with E-state index in [9.17, 15) is 4.79 Å². The summed E-state index contributed by atoms with van der Waals surface area (Å²) in [7, 11) is 1.49. The molecule has 0 saturated heterocycles. The van der Waals surface area contributed by atoms with Gasteiger partial charge in [0.1, 0.15) is 5.69 Å². The fourth-order valence-electron chi connectivity index (χ4n) is 2.66. The maximum Gasteiger partial charge on any atom is 0.294 e. The fraction of sp³-hybridized carbons (Fsp3) is 0.0625. The Kier molecular flexibility index (Phi) is 3.35. The van der Waals surface area contributed by atoms with Crippen molar-refractivity contribution in [3.8, 4) is 5.75 Å². The predicted molar refractivity (Wildman–Crippen MR) is 89.6 cm³/mol. The largest absolute Gasteiger partial charge is 0.493 e. The highest BCUT2D eigenvalue weighted by atomic mass is 35.5. The van der Waals surface area contributed by atoms with Crippen molar-refractivity contribution in [1.82, 2.24) is 15.1 Å². The van der Waals surface area contributed by atoms with Crippen LogP contribution in [0.2, 0.25) is 5.02 Å². The van der Waals surface area contributed by atoms with Crippen molar-refractivity contribution in [3.63, 3.8) is 0 Å². The van der Waals surface area contributed by atoms with E-state index in [1.54, 1.807) is 18.5 Å². The number of aromatic nitrogens is 3. The van der Waals surface area contributed by atoms with Crippen molar-refractivity contribution in [1.29, 1.82) is 0 Å². The molecule has 0 unspecified atom stereocenters. The third-order valence-electron chi connectivity index (χ3n) is 3.71. The molecule has 4 rings (SSSR count). The number of ether oxygens (including phenoxy) is 1. The van der Waals surface area contributed by atoms with Gasteiger partial charge in [-0.05, 0) is 12.1 Å². The second kappa shape index (κ2) is 5.54. The second-order valence-electron chi connectivity index (χ2n) is 5.07. The zero-order valence-electron chi connectivity index (χ0n) is 12.5. The SMILES string of the molecule is COc1c(Cl)cc2c([nH]c3cnccc32)c1NC(=O)c1ccno1. The molecule has 0 spiro atoms. The third-order valence-corrected chi connectivity index (χ3v) is 3.99. The number of carbonyl (C=O) groups excluding carboxylic acids is 1. The summed E-state index contributed by atoms with van der Waals surface area (Å²) in [4.78, 5) is 19.7. The lowest BCUT2D eigenvalue weighted by molar-refractivity contribution is 0.0987. The minimum Gasteiger partial charge on any atom is -0.493 e. The number of nitrogens with one attached hydrogen (secondary N) is 2. The molecule has 24 heavy (non-hydrogen) atoms. The van der Waals surface area contributed by atoms with Gasteiger partial charge in [0, 0.05) is 23.0 Å². The Morgan fingerprint density at radius 3 is 2.96 bits per heavy atom.